The van der Waals surface area contributed by atoms with Gasteiger partial charge in [0.1, 0.15) is 0 Å². The molecule has 18 heavy (non-hydrogen) atoms. The standard InChI is InChI=1S/C10H11B2F3N2O/c11-9(12,8(2-3-8)10(13,14)15)4-6-18-7-1-5-16-17-7/h1,5H,2-4,6H2,(H,16,17). The normalized spacial score (nSPS) is 18.6. The Kier molecular flexibility index (Phi) is 3.15. The van der Waals surface area contributed by atoms with E-state index in [-0.39, 0.29) is 25.9 Å². The summed E-state index contributed by atoms with van der Waals surface area (Å²) < 4.78 is 43.8. The summed E-state index contributed by atoms with van der Waals surface area (Å²) in [6.45, 7) is 0.00697. The maximum atomic E-state index is 12.9. The smallest absolute Gasteiger partial charge is 0.393 e. The van der Waals surface area contributed by atoms with Crippen LogP contribution in [0, 0.1) is 5.41 Å². The molecule has 0 amide bonds. The molecular weight excluding hydrogens is 243 g/mol. The van der Waals surface area contributed by atoms with Gasteiger partial charge in [0.15, 0.2) is 0 Å². The molecule has 1 fully saturated rings. The molecule has 0 unspecified atom stereocenters. The Labute approximate surface area is 105 Å². The van der Waals surface area contributed by atoms with Gasteiger partial charge in [-0.05, 0) is 19.3 Å². The molecule has 0 aliphatic heterocycles. The SMILES string of the molecule is [B]C([B])(CCOc1ccn[nH]1)C1(C(F)(F)F)CC1. The number of nitrogens with zero attached hydrogens (tertiary/aromatic N) is 1. The van der Waals surface area contributed by atoms with E-state index in [1.165, 1.54) is 6.20 Å². The topological polar surface area (TPSA) is 37.9 Å². The molecule has 1 N–H and O–H groups in total. The van der Waals surface area contributed by atoms with E-state index >= 15 is 0 Å². The fraction of sp³-hybridized carbons (Fsp3) is 0.700. The highest BCUT2D eigenvalue weighted by Gasteiger charge is 2.68. The van der Waals surface area contributed by atoms with Crippen LogP contribution in [0.4, 0.5) is 13.2 Å². The van der Waals surface area contributed by atoms with E-state index in [0.717, 1.165) is 0 Å². The van der Waals surface area contributed by atoms with Gasteiger partial charge in [-0.15, -0.1) is 0 Å². The Balaban J connectivity index is 1.92. The molecule has 0 aromatic carbocycles. The zero-order chi connectivity index (χ0) is 13.4. The lowest BCUT2D eigenvalue weighted by Crippen LogP contribution is -2.39. The first-order valence-corrected chi connectivity index (χ1v) is 5.55. The average molecular weight is 254 g/mol. The molecule has 0 atom stereocenters. The van der Waals surface area contributed by atoms with E-state index in [1.54, 1.807) is 6.07 Å². The third kappa shape index (κ3) is 2.24. The van der Waals surface area contributed by atoms with E-state index in [4.69, 9.17) is 20.4 Å². The van der Waals surface area contributed by atoms with Crippen molar-refractivity contribution in [2.45, 2.75) is 30.7 Å². The molecule has 1 aromatic rings. The molecule has 1 aliphatic rings. The Hall–Kier alpha value is -1.07. The van der Waals surface area contributed by atoms with Crippen LogP contribution in [0.15, 0.2) is 12.3 Å². The van der Waals surface area contributed by atoms with Crippen molar-refractivity contribution in [3.63, 3.8) is 0 Å². The monoisotopic (exact) mass is 254 g/mol. The number of halogens is 3. The van der Waals surface area contributed by atoms with Gasteiger partial charge < -0.3 is 4.74 Å². The van der Waals surface area contributed by atoms with Gasteiger partial charge >= 0.3 is 6.18 Å². The van der Waals surface area contributed by atoms with Crippen LogP contribution in [0.5, 0.6) is 5.88 Å². The van der Waals surface area contributed by atoms with E-state index in [2.05, 4.69) is 10.2 Å². The Morgan fingerprint density at radius 2 is 2.06 bits per heavy atom. The number of aromatic amines is 1. The number of hydrogen-bond donors (Lipinski definition) is 1. The second-order valence-electron chi connectivity index (χ2n) is 4.64. The number of aromatic nitrogens is 2. The van der Waals surface area contributed by atoms with Crippen molar-refractivity contribution in [2.24, 2.45) is 5.41 Å². The molecule has 4 radical (unpaired) electrons. The molecule has 94 valence electrons. The van der Waals surface area contributed by atoms with Crippen LogP contribution in [0.1, 0.15) is 19.3 Å². The first-order chi connectivity index (χ1) is 8.29. The van der Waals surface area contributed by atoms with Gasteiger partial charge in [-0.25, -0.2) is 5.10 Å². The number of nitrogens with one attached hydrogen (secondary N) is 1. The van der Waals surface area contributed by atoms with Gasteiger partial charge in [0.2, 0.25) is 5.88 Å². The summed E-state index contributed by atoms with van der Waals surface area (Å²) in [6, 6.07) is 1.56. The third-order valence-electron chi connectivity index (χ3n) is 3.43. The predicted octanol–water partition coefficient (Wildman–Crippen LogP) is 1.97. The molecule has 2 rings (SSSR count). The lowest BCUT2D eigenvalue weighted by Gasteiger charge is -2.37. The van der Waals surface area contributed by atoms with Crippen molar-refractivity contribution < 1.29 is 17.9 Å². The van der Waals surface area contributed by atoms with Crippen LogP contribution in [0.25, 0.3) is 0 Å². The molecule has 3 nitrogen and oxygen atoms in total. The van der Waals surface area contributed by atoms with Crippen LogP contribution in [0.3, 0.4) is 0 Å². The summed E-state index contributed by atoms with van der Waals surface area (Å²) in [7, 11) is 11.3. The van der Waals surface area contributed by atoms with Gasteiger partial charge in [-0.3, -0.25) is 0 Å². The van der Waals surface area contributed by atoms with Crippen molar-refractivity contribution >= 4 is 15.7 Å². The molecule has 0 bridgehead atoms. The molecule has 0 spiro atoms. The number of hydrogen-bond acceptors (Lipinski definition) is 2. The van der Waals surface area contributed by atoms with Crippen molar-refractivity contribution in [3.05, 3.63) is 12.3 Å². The second-order valence-corrected chi connectivity index (χ2v) is 4.64. The molecule has 1 heterocycles. The summed E-state index contributed by atoms with van der Waals surface area (Å²) in [5, 5.41) is 4.38. The Bertz CT molecular complexity index is 402. The molecule has 8 heteroatoms. The van der Waals surface area contributed by atoms with E-state index in [0.29, 0.717) is 5.88 Å². The Morgan fingerprint density at radius 1 is 1.39 bits per heavy atom. The fourth-order valence-corrected chi connectivity index (χ4v) is 2.03. The van der Waals surface area contributed by atoms with Gasteiger partial charge in [0.05, 0.1) is 33.9 Å². The fourth-order valence-electron chi connectivity index (χ4n) is 2.03. The highest BCUT2D eigenvalue weighted by atomic mass is 19.4. The molecular formula is C10H11B2F3N2O. The number of ether oxygens (including phenoxy) is 1. The van der Waals surface area contributed by atoms with Crippen LogP contribution in [0.2, 0.25) is 5.21 Å². The largest absolute Gasteiger partial charge is 0.478 e. The van der Waals surface area contributed by atoms with Crippen LogP contribution < -0.4 is 4.74 Å². The van der Waals surface area contributed by atoms with Crippen molar-refractivity contribution in [1.82, 2.24) is 10.2 Å². The zero-order valence-electron chi connectivity index (χ0n) is 9.63. The summed E-state index contributed by atoms with van der Waals surface area (Å²) in [5.74, 6) is 0.377. The third-order valence-corrected chi connectivity index (χ3v) is 3.43. The van der Waals surface area contributed by atoms with Gasteiger partial charge in [-0.2, -0.15) is 18.3 Å². The summed E-state index contributed by atoms with van der Waals surface area (Å²) in [6.07, 6.45) is -3.01. The minimum Gasteiger partial charge on any atom is -0.478 e. The maximum absolute atomic E-state index is 12.9. The van der Waals surface area contributed by atoms with Crippen molar-refractivity contribution in [3.8, 4) is 5.88 Å². The van der Waals surface area contributed by atoms with Crippen LogP contribution in [-0.2, 0) is 0 Å². The number of H-pyrrole nitrogens is 1. The molecule has 1 aliphatic carbocycles. The zero-order valence-corrected chi connectivity index (χ0v) is 9.63. The first-order valence-electron chi connectivity index (χ1n) is 5.55. The van der Waals surface area contributed by atoms with Gasteiger partial charge in [0.25, 0.3) is 0 Å². The highest BCUT2D eigenvalue weighted by molar-refractivity contribution is 6.40. The summed E-state index contributed by atoms with van der Waals surface area (Å²) >= 11 is 0. The van der Waals surface area contributed by atoms with E-state index < -0.39 is 16.8 Å². The van der Waals surface area contributed by atoms with Crippen molar-refractivity contribution in [1.29, 1.82) is 0 Å². The second kappa shape index (κ2) is 4.24. The minimum absolute atomic E-state index is 0.00697. The van der Waals surface area contributed by atoms with Crippen LogP contribution in [-0.4, -0.2) is 38.7 Å². The average Bonchev–Trinajstić information content (AvgIpc) is 2.93. The van der Waals surface area contributed by atoms with E-state index in [9.17, 15) is 13.2 Å². The van der Waals surface area contributed by atoms with E-state index in [1.807, 2.05) is 0 Å². The van der Waals surface area contributed by atoms with Gasteiger partial charge in [-0.1, -0.05) is 5.21 Å². The first kappa shape index (κ1) is 13.4. The highest BCUT2D eigenvalue weighted by Crippen LogP contribution is 2.69. The summed E-state index contributed by atoms with van der Waals surface area (Å²) in [4.78, 5) is 0. The predicted molar refractivity (Wildman–Crippen MR) is 60.6 cm³/mol. The lowest BCUT2D eigenvalue weighted by molar-refractivity contribution is -0.192. The van der Waals surface area contributed by atoms with Crippen molar-refractivity contribution in [2.75, 3.05) is 6.61 Å². The Morgan fingerprint density at radius 3 is 2.50 bits per heavy atom. The number of rotatable bonds is 5. The van der Waals surface area contributed by atoms with Crippen LogP contribution >= 0.6 is 0 Å². The van der Waals surface area contributed by atoms with Gasteiger partial charge in [0, 0.05) is 6.07 Å². The maximum Gasteiger partial charge on any atom is 0.393 e. The summed E-state index contributed by atoms with van der Waals surface area (Å²) in [5.41, 5.74) is -1.96. The molecule has 1 aromatic heterocycles. The lowest BCUT2D eigenvalue weighted by atomic mass is 9.45. The molecule has 1 saturated carbocycles. The minimum atomic E-state index is -4.37. The quantitative estimate of drug-likeness (QED) is 0.815. The molecule has 0 saturated heterocycles. The number of alkyl halides is 3.